The van der Waals surface area contributed by atoms with E-state index >= 15 is 0 Å². The monoisotopic (exact) mass is 294 g/mol. The predicted octanol–water partition coefficient (Wildman–Crippen LogP) is 4.32. The zero-order valence-corrected chi connectivity index (χ0v) is 13.1. The van der Waals surface area contributed by atoms with Crippen molar-refractivity contribution < 1.29 is 0 Å². The molecule has 1 aromatic carbocycles. The molecule has 4 heteroatoms. The lowest BCUT2D eigenvalue weighted by Crippen LogP contribution is -2.23. The highest BCUT2D eigenvalue weighted by Gasteiger charge is 2.17. The van der Waals surface area contributed by atoms with Gasteiger partial charge in [-0.15, -0.1) is 11.3 Å². The standard InChI is InChI=1S/C15H19ClN2S/c1-11(15-8-5-9-19-15)18(3)14-7-4-6-13(16)12(14)10-17-2/h4-9,11,17H,10H2,1-3H3. The van der Waals surface area contributed by atoms with Gasteiger partial charge in [0.2, 0.25) is 0 Å². The van der Waals surface area contributed by atoms with Crippen molar-refractivity contribution >= 4 is 28.6 Å². The van der Waals surface area contributed by atoms with Gasteiger partial charge in [0.15, 0.2) is 0 Å². The largest absolute Gasteiger partial charge is 0.367 e. The molecular formula is C15H19ClN2S. The molecule has 2 rings (SSSR count). The number of benzene rings is 1. The zero-order valence-electron chi connectivity index (χ0n) is 11.5. The number of hydrogen-bond donors (Lipinski definition) is 1. The van der Waals surface area contributed by atoms with Gasteiger partial charge in [-0.3, -0.25) is 0 Å². The molecular weight excluding hydrogens is 276 g/mol. The first-order valence-electron chi connectivity index (χ1n) is 6.33. The number of rotatable bonds is 5. The van der Waals surface area contributed by atoms with Crippen molar-refractivity contribution in [3.05, 3.63) is 51.2 Å². The highest BCUT2D eigenvalue weighted by atomic mass is 35.5. The summed E-state index contributed by atoms with van der Waals surface area (Å²) >= 11 is 8.10. The summed E-state index contributed by atoms with van der Waals surface area (Å²) in [5.74, 6) is 0. The minimum Gasteiger partial charge on any atom is -0.367 e. The molecule has 0 saturated carbocycles. The second-order valence-corrected chi connectivity index (χ2v) is 5.96. The van der Waals surface area contributed by atoms with Crippen molar-refractivity contribution in [2.45, 2.75) is 19.5 Å². The molecule has 1 aromatic heterocycles. The minimum atomic E-state index is 0.342. The minimum absolute atomic E-state index is 0.342. The summed E-state index contributed by atoms with van der Waals surface area (Å²) in [6, 6.07) is 10.7. The Balaban J connectivity index is 2.33. The van der Waals surface area contributed by atoms with E-state index in [1.165, 1.54) is 10.6 Å². The van der Waals surface area contributed by atoms with Gasteiger partial charge in [-0.25, -0.2) is 0 Å². The first kappa shape index (κ1) is 14.4. The molecule has 0 aliphatic rings. The number of nitrogens with zero attached hydrogens (tertiary/aromatic N) is 1. The Kier molecular flexibility index (Phi) is 4.86. The predicted molar refractivity (Wildman–Crippen MR) is 85.4 cm³/mol. The fourth-order valence-electron chi connectivity index (χ4n) is 2.16. The lowest BCUT2D eigenvalue weighted by Gasteiger charge is -2.29. The molecule has 1 N–H and O–H groups in total. The molecule has 19 heavy (non-hydrogen) atoms. The first-order valence-corrected chi connectivity index (χ1v) is 7.59. The average Bonchev–Trinajstić information content (AvgIpc) is 2.93. The number of hydrogen-bond acceptors (Lipinski definition) is 3. The van der Waals surface area contributed by atoms with Crippen LogP contribution in [0.3, 0.4) is 0 Å². The lowest BCUT2D eigenvalue weighted by molar-refractivity contribution is 0.738. The van der Waals surface area contributed by atoms with E-state index < -0.39 is 0 Å². The van der Waals surface area contributed by atoms with Crippen molar-refractivity contribution in [1.82, 2.24) is 5.32 Å². The molecule has 1 atom stereocenters. The van der Waals surface area contributed by atoms with Crippen LogP contribution in [-0.2, 0) is 6.54 Å². The summed E-state index contributed by atoms with van der Waals surface area (Å²) in [6.07, 6.45) is 0. The quantitative estimate of drug-likeness (QED) is 0.883. The highest BCUT2D eigenvalue weighted by Crippen LogP contribution is 2.33. The summed E-state index contributed by atoms with van der Waals surface area (Å²) < 4.78 is 0. The van der Waals surface area contributed by atoms with Crippen LogP contribution in [0.25, 0.3) is 0 Å². The van der Waals surface area contributed by atoms with E-state index in [2.05, 4.69) is 47.8 Å². The van der Waals surface area contributed by atoms with E-state index in [4.69, 9.17) is 11.6 Å². The number of thiophene rings is 1. The molecule has 0 radical (unpaired) electrons. The maximum absolute atomic E-state index is 6.32. The van der Waals surface area contributed by atoms with Crippen molar-refractivity contribution in [1.29, 1.82) is 0 Å². The Morgan fingerprint density at radius 1 is 1.32 bits per heavy atom. The van der Waals surface area contributed by atoms with Crippen molar-refractivity contribution in [2.75, 3.05) is 19.0 Å². The molecule has 0 aliphatic carbocycles. The van der Waals surface area contributed by atoms with Gasteiger partial charge in [0, 0.05) is 34.7 Å². The fraction of sp³-hybridized carbons (Fsp3) is 0.333. The molecule has 102 valence electrons. The maximum atomic E-state index is 6.32. The molecule has 2 aromatic rings. The Morgan fingerprint density at radius 3 is 2.74 bits per heavy atom. The Bertz CT molecular complexity index is 525. The van der Waals surface area contributed by atoms with Crippen molar-refractivity contribution in [2.24, 2.45) is 0 Å². The van der Waals surface area contributed by atoms with Gasteiger partial charge >= 0.3 is 0 Å². The van der Waals surface area contributed by atoms with Crippen LogP contribution in [0.1, 0.15) is 23.4 Å². The van der Waals surface area contributed by atoms with Crippen LogP contribution < -0.4 is 10.2 Å². The summed E-state index contributed by atoms with van der Waals surface area (Å²) in [5.41, 5.74) is 2.33. The SMILES string of the molecule is CNCc1c(Cl)cccc1N(C)C(C)c1cccs1. The molecule has 1 heterocycles. The van der Waals surface area contributed by atoms with Gasteiger partial charge in [0.05, 0.1) is 6.04 Å². The topological polar surface area (TPSA) is 15.3 Å². The fourth-order valence-corrected chi connectivity index (χ4v) is 3.22. The van der Waals surface area contributed by atoms with E-state index in [1.54, 1.807) is 11.3 Å². The summed E-state index contributed by atoms with van der Waals surface area (Å²) in [5, 5.41) is 6.12. The second kappa shape index (κ2) is 6.42. The third-order valence-corrected chi connectivity index (χ3v) is 4.76. The summed E-state index contributed by atoms with van der Waals surface area (Å²) in [4.78, 5) is 3.64. The molecule has 1 unspecified atom stereocenters. The Labute approximate surface area is 124 Å². The molecule has 2 nitrogen and oxygen atoms in total. The van der Waals surface area contributed by atoms with Crippen molar-refractivity contribution in [3.8, 4) is 0 Å². The van der Waals surface area contributed by atoms with Crippen LogP contribution in [0.4, 0.5) is 5.69 Å². The first-order chi connectivity index (χ1) is 9.15. The average molecular weight is 295 g/mol. The normalized spacial score (nSPS) is 12.4. The molecule has 0 spiro atoms. The third kappa shape index (κ3) is 3.11. The zero-order chi connectivity index (χ0) is 13.8. The molecule has 0 fully saturated rings. The van der Waals surface area contributed by atoms with E-state index in [0.717, 1.165) is 17.1 Å². The third-order valence-electron chi connectivity index (χ3n) is 3.36. The Hall–Kier alpha value is -1.03. The Morgan fingerprint density at radius 2 is 2.11 bits per heavy atom. The highest BCUT2D eigenvalue weighted by molar-refractivity contribution is 7.10. The molecule has 0 bridgehead atoms. The van der Waals surface area contributed by atoms with Gasteiger partial charge in [0.1, 0.15) is 0 Å². The van der Waals surface area contributed by atoms with Crippen LogP contribution in [0.15, 0.2) is 35.7 Å². The smallest absolute Gasteiger partial charge is 0.0603 e. The summed E-state index contributed by atoms with van der Waals surface area (Å²) in [6.45, 7) is 2.99. The van der Waals surface area contributed by atoms with Crippen LogP contribution in [-0.4, -0.2) is 14.1 Å². The molecule has 0 aliphatic heterocycles. The van der Waals surface area contributed by atoms with Gasteiger partial charge < -0.3 is 10.2 Å². The van der Waals surface area contributed by atoms with Gasteiger partial charge in [-0.2, -0.15) is 0 Å². The van der Waals surface area contributed by atoms with E-state index in [1.807, 2.05) is 19.2 Å². The maximum Gasteiger partial charge on any atom is 0.0603 e. The second-order valence-electron chi connectivity index (χ2n) is 4.57. The summed E-state index contributed by atoms with van der Waals surface area (Å²) in [7, 11) is 4.06. The van der Waals surface area contributed by atoms with Gasteiger partial charge in [-0.1, -0.05) is 23.7 Å². The number of anilines is 1. The van der Waals surface area contributed by atoms with Crippen molar-refractivity contribution in [3.63, 3.8) is 0 Å². The van der Waals surface area contributed by atoms with Crippen LogP contribution >= 0.6 is 22.9 Å². The van der Waals surface area contributed by atoms with Gasteiger partial charge in [-0.05, 0) is 37.6 Å². The van der Waals surface area contributed by atoms with E-state index in [9.17, 15) is 0 Å². The van der Waals surface area contributed by atoms with E-state index in [0.29, 0.717) is 6.04 Å². The lowest BCUT2D eigenvalue weighted by atomic mass is 10.1. The number of halogens is 1. The molecule has 0 amide bonds. The number of nitrogens with one attached hydrogen (secondary N) is 1. The van der Waals surface area contributed by atoms with Crippen LogP contribution in [0.2, 0.25) is 5.02 Å². The van der Waals surface area contributed by atoms with E-state index in [-0.39, 0.29) is 0 Å². The van der Waals surface area contributed by atoms with Crippen LogP contribution in [0, 0.1) is 0 Å². The van der Waals surface area contributed by atoms with Gasteiger partial charge in [0.25, 0.3) is 0 Å². The van der Waals surface area contributed by atoms with Crippen LogP contribution in [0.5, 0.6) is 0 Å². The molecule has 0 saturated heterocycles.